The van der Waals surface area contributed by atoms with Gasteiger partial charge in [0.1, 0.15) is 6.29 Å². The van der Waals surface area contributed by atoms with Gasteiger partial charge in [0.15, 0.2) is 5.78 Å². The first kappa shape index (κ1) is 6.20. The van der Waals surface area contributed by atoms with E-state index in [2.05, 4.69) is 0 Å². The van der Waals surface area contributed by atoms with Crippen molar-refractivity contribution in [1.82, 2.24) is 0 Å². The Labute approximate surface area is 53.6 Å². The molecule has 0 aromatic rings. The second kappa shape index (κ2) is 2.58. The number of carbonyl (C=O) groups excluding carboxylic acids is 2. The van der Waals surface area contributed by atoms with Gasteiger partial charge in [0, 0.05) is 5.92 Å². The summed E-state index contributed by atoms with van der Waals surface area (Å²) in [5, 5.41) is 0. The minimum atomic E-state index is 0.0992. The van der Waals surface area contributed by atoms with Crippen molar-refractivity contribution >= 4 is 12.1 Å². The third-order valence-corrected chi connectivity index (χ3v) is 1.32. The third-order valence-electron chi connectivity index (χ3n) is 1.32. The largest absolute Gasteiger partial charge is 0.299 e. The van der Waals surface area contributed by atoms with Crippen LogP contribution in [0.4, 0.5) is 0 Å². The fourth-order valence-electron chi connectivity index (χ4n) is 0.638. The van der Waals surface area contributed by atoms with E-state index in [0.717, 1.165) is 12.8 Å². The summed E-state index contributed by atoms with van der Waals surface area (Å²) >= 11 is 0. The van der Waals surface area contributed by atoms with Gasteiger partial charge >= 0.3 is 0 Å². The van der Waals surface area contributed by atoms with Crippen LogP contribution in [0.5, 0.6) is 0 Å². The molecule has 0 N–H and O–H groups in total. The molecule has 0 aromatic heterocycles. The summed E-state index contributed by atoms with van der Waals surface area (Å²) in [4.78, 5) is 20.4. The highest BCUT2D eigenvalue weighted by Gasteiger charge is 2.27. The van der Waals surface area contributed by atoms with E-state index in [0.29, 0.717) is 6.29 Å². The van der Waals surface area contributed by atoms with Crippen LogP contribution in [-0.4, -0.2) is 12.1 Å². The summed E-state index contributed by atoms with van der Waals surface area (Å²) in [6, 6.07) is 0. The maximum absolute atomic E-state index is 10.7. The fraction of sp³-hybridized carbons (Fsp3) is 0.429. The van der Waals surface area contributed by atoms with E-state index in [-0.39, 0.29) is 11.7 Å². The highest BCUT2D eigenvalue weighted by Crippen LogP contribution is 2.29. The van der Waals surface area contributed by atoms with E-state index < -0.39 is 0 Å². The lowest BCUT2D eigenvalue weighted by atomic mass is 10.2. The first-order valence-electron chi connectivity index (χ1n) is 3.00. The number of rotatable bonds is 3. The summed E-state index contributed by atoms with van der Waals surface area (Å²) < 4.78 is 0. The van der Waals surface area contributed by atoms with Crippen molar-refractivity contribution in [3.05, 3.63) is 12.2 Å². The van der Waals surface area contributed by atoms with Crippen molar-refractivity contribution in [2.24, 2.45) is 5.92 Å². The maximum atomic E-state index is 10.7. The van der Waals surface area contributed by atoms with Crippen LogP contribution in [0.3, 0.4) is 0 Å². The van der Waals surface area contributed by atoms with Gasteiger partial charge in [-0.3, -0.25) is 9.59 Å². The highest BCUT2D eigenvalue weighted by atomic mass is 16.1. The van der Waals surface area contributed by atoms with Gasteiger partial charge in [0.25, 0.3) is 0 Å². The van der Waals surface area contributed by atoms with Gasteiger partial charge in [-0.2, -0.15) is 0 Å². The molecule has 0 spiro atoms. The molecular formula is C7H8O2. The molecule has 0 heterocycles. The summed E-state index contributed by atoms with van der Waals surface area (Å²) in [6.07, 6.45) is 5.23. The lowest BCUT2D eigenvalue weighted by Crippen LogP contribution is -1.93. The minimum Gasteiger partial charge on any atom is -0.299 e. The molecule has 0 amide bonds. The van der Waals surface area contributed by atoms with Crippen LogP contribution in [0.1, 0.15) is 12.8 Å². The molecule has 2 heteroatoms. The van der Waals surface area contributed by atoms with Gasteiger partial charge in [-0.1, -0.05) is 0 Å². The van der Waals surface area contributed by atoms with Crippen molar-refractivity contribution < 1.29 is 9.59 Å². The van der Waals surface area contributed by atoms with Crippen LogP contribution in [0.2, 0.25) is 0 Å². The molecule has 0 bridgehead atoms. The lowest BCUT2D eigenvalue weighted by molar-refractivity contribution is -0.116. The van der Waals surface area contributed by atoms with E-state index in [1.165, 1.54) is 12.2 Å². The van der Waals surface area contributed by atoms with Crippen molar-refractivity contribution in [1.29, 1.82) is 0 Å². The van der Waals surface area contributed by atoms with Gasteiger partial charge in [-0.25, -0.2) is 0 Å². The van der Waals surface area contributed by atoms with Crippen LogP contribution >= 0.6 is 0 Å². The van der Waals surface area contributed by atoms with Gasteiger partial charge in [0.05, 0.1) is 0 Å². The molecule has 1 fully saturated rings. The Morgan fingerprint density at radius 3 is 2.56 bits per heavy atom. The molecule has 0 unspecified atom stereocenters. The van der Waals surface area contributed by atoms with Gasteiger partial charge < -0.3 is 0 Å². The van der Waals surface area contributed by atoms with Crippen LogP contribution < -0.4 is 0 Å². The third kappa shape index (κ3) is 1.80. The second-order valence-corrected chi connectivity index (χ2v) is 2.17. The monoisotopic (exact) mass is 124 g/mol. The SMILES string of the molecule is O=CC=CC(=O)C1CC1. The summed E-state index contributed by atoms with van der Waals surface area (Å²) in [7, 11) is 0. The molecule has 0 radical (unpaired) electrons. The molecule has 2 nitrogen and oxygen atoms in total. The fourth-order valence-corrected chi connectivity index (χ4v) is 0.638. The molecule has 0 aliphatic heterocycles. The van der Waals surface area contributed by atoms with Crippen LogP contribution in [-0.2, 0) is 9.59 Å². The molecule has 9 heavy (non-hydrogen) atoms. The molecule has 48 valence electrons. The molecule has 0 aromatic carbocycles. The molecular weight excluding hydrogens is 116 g/mol. The summed E-state index contributed by atoms with van der Waals surface area (Å²) in [6.45, 7) is 0. The van der Waals surface area contributed by atoms with Crippen molar-refractivity contribution in [3.8, 4) is 0 Å². The highest BCUT2D eigenvalue weighted by molar-refractivity contribution is 5.95. The van der Waals surface area contributed by atoms with E-state index in [1.54, 1.807) is 0 Å². The van der Waals surface area contributed by atoms with Crippen molar-refractivity contribution in [3.63, 3.8) is 0 Å². The summed E-state index contributed by atoms with van der Waals surface area (Å²) in [5.41, 5.74) is 0. The number of allylic oxidation sites excluding steroid dienone is 2. The Kier molecular flexibility index (Phi) is 1.78. The first-order chi connectivity index (χ1) is 4.34. The lowest BCUT2D eigenvalue weighted by Gasteiger charge is -1.81. The first-order valence-corrected chi connectivity index (χ1v) is 3.00. The topological polar surface area (TPSA) is 34.1 Å². The summed E-state index contributed by atoms with van der Waals surface area (Å²) in [5.74, 6) is 0.336. The predicted octanol–water partition coefficient (Wildman–Crippen LogP) is 0.721. The van der Waals surface area contributed by atoms with E-state index in [9.17, 15) is 9.59 Å². The predicted molar refractivity (Wildman–Crippen MR) is 32.9 cm³/mol. The molecule has 0 saturated heterocycles. The Bertz CT molecular complexity index is 154. The number of ketones is 1. The van der Waals surface area contributed by atoms with E-state index >= 15 is 0 Å². The second-order valence-electron chi connectivity index (χ2n) is 2.17. The Balaban J connectivity index is 2.33. The van der Waals surface area contributed by atoms with Gasteiger partial charge in [0.2, 0.25) is 0 Å². The van der Waals surface area contributed by atoms with Crippen molar-refractivity contribution in [2.75, 3.05) is 0 Å². The number of hydrogen-bond donors (Lipinski definition) is 0. The molecule has 1 aliphatic rings. The molecule has 1 saturated carbocycles. The van der Waals surface area contributed by atoms with E-state index in [4.69, 9.17) is 0 Å². The average molecular weight is 124 g/mol. The Morgan fingerprint density at radius 2 is 2.11 bits per heavy atom. The number of carbonyl (C=O) groups is 2. The average Bonchev–Trinajstić information content (AvgIpc) is 2.63. The van der Waals surface area contributed by atoms with Gasteiger partial charge in [-0.05, 0) is 25.0 Å². The number of aldehydes is 1. The zero-order valence-corrected chi connectivity index (χ0v) is 5.04. The Hall–Kier alpha value is -0.920. The van der Waals surface area contributed by atoms with Crippen LogP contribution in [0.25, 0.3) is 0 Å². The van der Waals surface area contributed by atoms with Crippen LogP contribution in [0, 0.1) is 5.92 Å². The molecule has 1 rings (SSSR count). The zero-order chi connectivity index (χ0) is 6.69. The standard InChI is InChI=1S/C7H8O2/c8-5-1-2-7(9)6-3-4-6/h1-2,5-6H,3-4H2. The number of hydrogen-bond acceptors (Lipinski definition) is 2. The van der Waals surface area contributed by atoms with Gasteiger partial charge in [-0.15, -0.1) is 0 Å². The molecule has 0 atom stereocenters. The zero-order valence-electron chi connectivity index (χ0n) is 5.04. The Morgan fingerprint density at radius 1 is 1.44 bits per heavy atom. The quantitative estimate of drug-likeness (QED) is 0.410. The van der Waals surface area contributed by atoms with Crippen molar-refractivity contribution in [2.45, 2.75) is 12.8 Å². The normalized spacial score (nSPS) is 18.2. The van der Waals surface area contributed by atoms with Crippen LogP contribution in [0.15, 0.2) is 12.2 Å². The maximum Gasteiger partial charge on any atom is 0.158 e. The smallest absolute Gasteiger partial charge is 0.158 e. The molecule has 1 aliphatic carbocycles. The minimum absolute atomic E-state index is 0.0992. The van der Waals surface area contributed by atoms with E-state index in [1.807, 2.05) is 0 Å².